The zero-order valence-corrected chi connectivity index (χ0v) is 19.7. The third kappa shape index (κ3) is 5.41. The molecule has 0 spiro atoms. The summed E-state index contributed by atoms with van der Waals surface area (Å²) in [6, 6.07) is 23.0. The molecule has 3 heterocycles. The Bertz CT molecular complexity index is 1370. The summed E-state index contributed by atoms with van der Waals surface area (Å²) < 4.78 is 8.09. The van der Waals surface area contributed by atoms with Crippen molar-refractivity contribution in [3.8, 4) is 5.75 Å². The SMILES string of the molecule is O=C(Nc1ncccc1OCc1ccncc1)c1ccc(CSc2nc3ccccc3s2)cc1. The zero-order valence-electron chi connectivity index (χ0n) is 18.0. The van der Waals surface area contributed by atoms with Gasteiger partial charge in [0.25, 0.3) is 5.91 Å². The average molecular weight is 485 g/mol. The van der Waals surface area contributed by atoms with E-state index in [0.717, 1.165) is 26.7 Å². The third-order valence-electron chi connectivity index (χ3n) is 5.00. The first-order valence-corrected chi connectivity index (χ1v) is 12.4. The number of hydrogen-bond donors (Lipinski definition) is 1. The number of benzene rings is 2. The van der Waals surface area contributed by atoms with Crippen molar-refractivity contribution in [2.75, 3.05) is 5.32 Å². The smallest absolute Gasteiger partial charge is 0.256 e. The molecule has 0 aliphatic heterocycles. The molecule has 2 aromatic carbocycles. The number of para-hydroxylation sites is 1. The number of nitrogens with one attached hydrogen (secondary N) is 1. The summed E-state index contributed by atoms with van der Waals surface area (Å²) >= 11 is 3.39. The molecule has 0 saturated heterocycles. The number of nitrogens with zero attached hydrogens (tertiary/aromatic N) is 3. The minimum Gasteiger partial charge on any atom is -0.485 e. The number of rotatable bonds is 8. The number of fused-ring (bicyclic) bond motifs is 1. The molecule has 34 heavy (non-hydrogen) atoms. The van der Waals surface area contributed by atoms with Gasteiger partial charge in [0.15, 0.2) is 15.9 Å². The van der Waals surface area contributed by atoms with Crippen molar-refractivity contribution in [1.82, 2.24) is 15.0 Å². The number of thiazole rings is 1. The number of carbonyl (C=O) groups is 1. The van der Waals surface area contributed by atoms with Gasteiger partial charge < -0.3 is 10.1 Å². The Kier molecular flexibility index (Phi) is 6.78. The third-order valence-corrected chi connectivity index (χ3v) is 7.25. The summed E-state index contributed by atoms with van der Waals surface area (Å²) in [4.78, 5) is 25.7. The van der Waals surface area contributed by atoms with E-state index in [2.05, 4.69) is 26.3 Å². The number of anilines is 1. The quantitative estimate of drug-likeness (QED) is 0.264. The predicted octanol–water partition coefficient (Wildman–Crippen LogP) is 6.21. The van der Waals surface area contributed by atoms with Crippen LogP contribution in [0.25, 0.3) is 10.2 Å². The van der Waals surface area contributed by atoms with Gasteiger partial charge in [-0.05, 0) is 59.7 Å². The van der Waals surface area contributed by atoms with E-state index in [4.69, 9.17) is 4.74 Å². The first kappa shape index (κ1) is 22.1. The molecule has 3 aromatic heterocycles. The van der Waals surface area contributed by atoms with Crippen molar-refractivity contribution in [3.05, 3.63) is 108 Å². The van der Waals surface area contributed by atoms with E-state index >= 15 is 0 Å². The van der Waals surface area contributed by atoms with Crippen LogP contribution in [0.15, 0.2) is 95.7 Å². The van der Waals surface area contributed by atoms with Crippen LogP contribution in [-0.2, 0) is 12.4 Å². The topological polar surface area (TPSA) is 77.0 Å². The van der Waals surface area contributed by atoms with Crippen LogP contribution in [0.2, 0.25) is 0 Å². The van der Waals surface area contributed by atoms with Gasteiger partial charge in [0.2, 0.25) is 0 Å². The second-order valence-electron chi connectivity index (χ2n) is 7.38. The molecule has 1 N–H and O–H groups in total. The van der Waals surface area contributed by atoms with Crippen molar-refractivity contribution in [2.45, 2.75) is 16.7 Å². The molecular weight excluding hydrogens is 464 g/mol. The van der Waals surface area contributed by atoms with E-state index in [1.165, 1.54) is 4.70 Å². The van der Waals surface area contributed by atoms with Crippen LogP contribution in [0.4, 0.5) is 5.82 Å². The molecule has 0 bridgehead atoms. The van der Waals surface area contributed by atoms with Gasteiger partial charge in [0.1, 0.15) is 6.61 Å². The Morgan fingerprint density at radius 1 is 0.912 bits per heavy atom. The van der Waals surface area contributed by atoms with Crippen LogP contribution in [-0.4, -0.2) is 20.9 Å². The monoisotopic (exact) mass is 484 g/mol. The lowest BCUT2D eigenvalue weighted by atomic mass is 10.1. The minimum atomic E-state index is -0.238. The van der Waals surface area contributed by atoms with Crippen LogP contribution in [0.3, 0.4) is 0 Å². The van der Waals surface area contributed by atoms with Gasteiger partial charge in [-0.15, -0.1) is 11.3 Å². The first-order chi connectivity index (χ1) is 16.7. The van der Waals surface area contributed by atoms with Crippen molar-refractivity contribution >= 4 is 45.0 Å². The molecule has 0 unspecified atom stereocenters. The lowest BCUT2D eigenvalue weighted by molar-refractivity contribution is 0.102. The molecule has 0 atom stereocenters. The molecule has 0 radical (unpaired) electrons. The van der Waals surface area contributed by atoms with Crippen LogP contribution in [0, 0.1) is 0 Å². The molecule has 6 nitrogen and oxygen atoms in total. The summed E-state index contributed by atoms with van der Waals surface area (Å²) in [5.41, 5.74) is 3.69. The van der Waals surface area contributed by atoms with Crippen molar-refractivity contribution in [3.63, 3.8) is 0 Å². The Balaban J connectivity index is 1.20. The number of ether oxygens (including phenoxy) is 1. The van der Waals surface area contributed by atoms with Gasteiger partial charge in [-0.2, -0.15) is 0 Å². The van der Waals surface area contributed by atoms with Crippen molar-refractivity contribution in [1.29, 1.82) is 0 Å². The number of pyridine rings is 2. The van der Waals surface area contributed by atoms with Gasteiger partial charge in [-0.25, -0.2) is 9.97 Å². The highest BCUT2D eigenvalue weighted by Gasteiger charge is 2.12. The van der Waals surface area contributed by atoms with E-state index < -0.39 is 0 Å². The van der Waals surface area contributed by atoms with Crippen LogP contribution in [0.5, 0.6) is 5.75 Å². The fraction of sp³-hybridized carbons (Fsp3) is 0.0769. The average Bonchev–Trinajstić information content (AvgIpc) is 3.31. The molecular formula is C26H20N4O2S2. The minimum absolute atomic E-state index is 0.238. The highest BCUT2D eigenvalue weighted by atomic mass is 32.2. The summed E-state index contributed by atoms with van der Waals surface area (Å²) in [6.07, 6.45) is 5.05. The van der Waals surface area contributed by atoms with E-state index in [0.29, 0.717) is 23.7 Å². The summed E-state index contributed by atoms with van der Waals surface area (Å²) in [7, 11) is 0. The maximum atomic E-state index is 12.8. The van der Waals surface area contributed by atoms with Gasteiger partial charge in [0.05, 0.1) is 10.2 Å². The Morgan fingerprint density at radius 2 is 1.74 bits per heavy atom. The first-order valence-electron chi connectivity index (χ1n) is 10.6. The standard InChI is InChI=1S/C26H20N4O2S2/c31-25(30-24-22(5-3-13-28-24)32-16-18-11-14-27-15-12-18)20-9-7-19(8-10-20)17-33-26-29-21-4-1-2-6-23(21)34-26/h1-15H,16-17H2,(H,28,30,31). The molecule has 0 aliphatic rings. The molecule has 168 valence electrons. The normalized spacial score (nSPS) is 10.8. The summed E-state index contributed by atoms with van der Waals surface area (Å²) in [5.74, 6) is 1.45. The predicted molar refractivity (Wildman–Crippen MR) is 136 cm³/mol. The molecule has 5 aromatic rings. The molecule has 5 rings (SSSR count). The second-order valence-corrected chi connectivity index (χ2v) is 9.63. The molecule has 0 fully saturated rings. The number of amides is 1. The van der Waals surface area contributed by atoms with Crippen molar-refractivity contribution < 1.29 is 9.53 Å². The maximum Gasteiger partial charge on any atom is 0.256 e. The highest BCUT2D eigenvalue weighted by Crippen LogP contribution is 2.31. The summed E-state index contributed by atoms with van der Waals surface area (Å²) in [5, 5.41) is 2.85. The zero-order chi connectivity index (χ0) is 23.2. The van der Waals surface area contributed by atoms with Crippen LogP contribution >= 0.6 is 23.1 Å². The Hall–Kier alpha value is -3.75. The lowest BCUT2D eigenvalue weighted by Crippen LogP contribution is -2.14. The van der Waals surface area contributed by atoms with Crippen LogP contribution < -0.4 is 10.1 Å². The fourth-order valence-corrected chi connectivity index (χ4v) is 5.26. The molecule has 0 aliphatic carbocycles. The van der Waals surface area contributed by atoms with E-state index in [1.807, 2.05) is 54.6 Å². The molecule has 8 heteroatoms. The fourth-order valence-electron chi connectivity index (χ4n) is 3.23. The molecule has 0 saturated carbocycles. The van der Waals surface area contributed by atoms with E-state index in [1.54, 1.807) is 53.8 Å². The number of carbonyl (C=O) groups excluding carboxylic acids is 1. The maximum absolute atomic E-state index is 12.8. The Morgan fingerprint density at radius 3 is 2.56 bits per heavy atom. The molecule has 1 amide bonds. The Labute approximate surface area is 205 Å². The van der Waals surface area contributed by atoms with Gasteiger partial charge in [0, 0.05) is 29.9 Å². The van der Waals surface area contributed by atoms with Gasteiger partial charge in [-0.3, -0.25) is 9.78 Å². The highest BCUT2D eigenvalue weighted by molar-refractivity contribution is 8.00. The largest absolute Gasteiger partial charge is 0.485 e. The second kappa shape index (κ2) is 10.5. The van der Waals surface area contributed by atoms with E-state index in [9.17, 15) is 4.79 Å². The number of thioether (sulfide) groups is 1. The van der Waals surface area contributed by atoms with Crippen LogP contribution in [0.1, 0.15) is 21.5 Å². The lowest BCUT2D eigenvalue weighted by Gasteiger charge is -2.11. The van der Waals surface area contributed by atoms with E-state index in [-0.39, 0.29) is 5.91 Å². The van der Waals surface area contributed by atoms with Crippen molar-refractivity contribution in [2.24, 2.45) is 0 Å². The number of aromatic nitrogens is 3. The summed E-state index contributed by atoms with van der Waals surface area (Å²) in [6.45, 7) is 0.359. The number of hydrogen-bond acceptors (Lipinski definition) is 7. The van der Waals surface area contributed by atoms with Gasteiger partial charge >= 0.3 is 0 Å². The van der Waals surface area contributed by atoms with Gasteiger partial charge in [-0.1, -0.05) is 36.0 Å².